The molecule has 0 radical (unpaired) electrons. The van der Waals surface area contributed by atoms with Crippen LogP contribution in [-0.2, 0) is 19.4 Å². The van der Waals surface area contributed by atoms with Crippen LogP contribution in [0, 0.1) is 28.4 Å². The quantitative estimate of drug-likeness (QED) is 0.411. The van der Waals surface area contributed by atoms with Crippen molar-refractivity contribution in [1.82, 2.24) is 4.90 Å². The maximum absolute atomic E-state index is 13.0. The number of quaternary nitrogens is 1. The van der Waals surface area contributed by atoms with Gasteiger partial charge in [-0.25, -0.2) is 13.2 Å². The van der Waals surface area contributed by atoms with Crippen molar-refractivity contribution in [2.45, 2.75) is 30.6 Å². The van der Waals surface area contributed by atoms with Gasteiger partial charge in [-0.05, 0) is 43.0 Å². The van der Waals surface area contributed by atoms with Crippen molar-refractivity contribution in [3.63, 3.8) is 0 Å². The number of carbonyl (C=O) groups excluding carboxylic acids is 1. The Bertz CT molecular complexity index is 893. The zero-order chi connectivity index (χ0) is 23.0. The number of amides is 1. The monoisotopic (exact) mass is 465 g/mol. The molecule has 1 saturated carbocycles. The summed E-state index contributed by atoms with van der Waals surface area (Å²) >= 11 is 0. The standard InChI is InChI=1S/C22H31N3O6S/c23-9-10-25(27)22(26)21-4-2-1-3-18(21)17-32(28,29)20-7-5-19(6-8-20)31-16-13-24-11-14-30-15-12-24/h5-8,18,21,25H,1-4,10-17H2/t18-,21+/m1/s1. The largest absolute Gasteiger partial charge is 0.626 e. The molecule has 1 saturated heterocycles. The van der Waals surface area contributed by atoms with Crippen molar-refractivity contribution in [1.29, 1.82) is 5.26 Å². The Labute approximate surface area is 189 Å². The van der Waals surface area contributed by atoms with Crippen molar-refractivity contribution < 1.29 is 27.7 Å². The molecule has 32 heavy (non-hydrogen) atoms. The van der Waals surface area contributed by atoms with Crippen LogP contribution in [0.2, 0.25) is 0 Å². The number of nitriles is 1. The lowest BCUT2D eigenvalue weighted by Gasteiger charge is -2.32. The van der Waals surface area contributed by atoms with E-state index < -0.39 is 39.2 Å². The van der Waals surface area contributed by atoms with Gasteiger partial charge in [0, 0.05) is 19.6 Å². The van der Waals surface area contributed by atoms with Crippen LogP contribution in [0.1, 0.15) is 25.7 Å². The Kier molecular flexibility index (Phi) is 9.02. The summed E-state index contributed by atoms with van der Waals surface area (Å²) < 4.78 is 37.0. The second kappa shape index (κ2) is 11.7. The van der Waals surface area contributed by atoms with E-state index in [1.165, 1.54) is 12.1 Å². The summed E-state index contributed by atoms with van der Waals surface area (Å²) in [5, 5.41) is 19.9. The molecule has 1 amide bonds. The molecule has 2 fully saturated rings. The third-order valence-corrected chi connectivity index (χ3v) is 8.01. The normalized spacial score (nSPS) is 23.2. The molecule has 3 atom stereocenters. The van der Waals surface area contributed by atoms with Crippen LogP contribution in [0.3, 0.4) is 0 Å². The Hall–Kier alpha value is -2.03. The fourth-order valence-corrected chi connectivity index (χ4v) is 6.06. The molecule has 0 aromatic heterocycles. The van der Waals surface area contributed by atoms with Crippen LogP contribution < -0.4 is 9.80 Å². The average molecular weight is 466 g/mol. The van der Waals surface area contributed by atoms with E-state index in [9.17, 15) is 18.4 Å². The minimum absolute atomic E-state index is 0.179. The first kappa shape index (κ1) is 24.6. The number of hydrogen-bond acceptors (Lipinski definition) is 8. The highest BCUT2D eigenvalue weighted by atomic mass is 32.2. The first-order valence-corrected chi connectivity index (χ1v) is 12.8. The van der Waals surface area contributed by atoms with E-state index in [1.807, 2.05) is 0 Å². The van der Waals surface area contributed by atoms with Gasteiger partial charge >= 0.3 is 5.91 Å². The number of rotatable bonds is 9. The molecule has 3 rings (SSSR count). The third-order valence-electron chi connectivity index (χ3n) is 6.16. The van der Waals surface area contributed by atoms with E-state index in [2.05, 4.69) is 4.90 Å². The van der Waals surface area contributed by atoms with Gasteiger partial charge in [-0.1, -0.05) is 12.8 Å². The van der Waals surface area contributed by atoms with Crippen LogP contribution in [-0.4, -0.2) is 71.0 Å². The van der Waals surface area contributed by atoms with E-state index >= 15 is 0 Å². The second-order valence-electron chi connectivity index (χ2n) is 8.33. The summed E-state index contributed by atoms with van der Waals surface area (Å²) in [5.74, 6) is -1.21. The van der Waals surface area contributed by atoms with Gasteiger partial charge in [-0.3, -0.25) is 9.96 Å². The highest BCUT2D eigenvalue weighted by Crippen LogP contribution is 2.32. The Morgan fingerprint density at radius 3 is 2.59 bits per heavy atom. The number of hydrogen-bond donors (Lipinski definition) is 1. The molecule has 1 aliphatic carbocycles. The van der Waals surface area contributed by atoms with Gasteiger partial charge in [0.25, 0.3) is 0 Å². The van der Waals surface area contributed by atoms with E-state index in [1.54, 1.807) is 18.2 Å². The van der Waals surface area contributed by atoms with Crippen molar-refractivity contribution in [2.24, 2.45) is 11.8 Å². The Morgan fingerprint density at radius 2 is 1.91 bits per heavy atom. The number of ether oxygens (including phenoxy) is 2. The fourth-order valence-electron chi connectivity index (χ4n) is 4.36. The first-order chi connectivity index (χ1) is 15.4. The summed E-state index contributed by atoms with van der Waals surface area (Å²) in [5.41, 5.74) is 0. The Balaban J connectivity index is 1.57. The molecule has 1 aromatic rings. The van der Waals surface area contributed by atoms with E-state index in [0.29, 0.717) is 25.2 Å². The molecular formula is C22H31N3O6S. The molecule has 2 aliphatic rings. The highest BCUT2D eigenvalue weighted by molar-refractivity contribution is 7.91. The maximum atomic E-state index is 13.0. The molecule has 1 N–H and O–H groups in total. The number of sulfone groups is 1. The smallest absolute Gasteiger partial charge is 0.316 e. The van der Waals surface area contributed by atoms with Gasteiger partial charge in [0.05, 0.1) is 29.8 Å². The number of nitrogens with one attached hydrogen (secondary N) is 1. The topological polar surface area (TPSA) is 124 Å². The van der Waals surface area contributed by atoms with Gasteiger partial charge in [0.2, 0.25) is 0 Å². The Morgan fingerprint density at radius 1 is 1.22 bits per heavy atom. The van der Waals surface area contributed by atoms with Crippen LogP contribution in [0.4, 0.5) is 0 Å². The summed E-state index contributed by atoms with van der Waals surface area (Å²) in [4.78, 5) is 14.9. The highest BCUT2D eigenvalue weighted by Gasteiger charge is 2.37. The van der Waals surface area contributed by atoms with Gasteiger partial charge in [-0.2, -0.15) is 5.26 Å². The SMILES string of the molecule is N#CC[NH+]([O-])C(=O)[C@H]1CCCC[C@@H]1CS(=O)(=O)c1ccc(OCCN2CCOCC2)cc1. The third kappa shape index (κ3) is 6.73. The maximum Gasteiger partial charge on any atom is 0.316 e. The molecule has 9 nitrogen and oxygen atoms in total. The number of carbonyl (C=O) groups is 1. The lowest BCUT2D eigenvalue weighted by molar-refractivity contribution is -0.758. The predicted octanol–water partition coefficient (Wildman–Crippen LogP) is 0.411. The van der Waals surface area contributed by atoms with E-state index in [4.69, 9.17) is 14.7 Å². The summed E-state index contributed by atoms with van der Waals surface area (Å²) in [6, 6.07) is 8.05. The lowest BCUT2D eigenvalue weighted by Crippen LogP contribution is -3.11. The number of benzene rings is 1. The van der Waals surface area contributed by atoms with Gasteiger partial charge < -0.3 is 14.7 Å². The number of nitrogens with zero attached hydrogens (tertiary/aromatic N) is 2. The van der Waals surface area contributed by atoms with Gasteiger partial charge in [0.1, 0.15) is 18.4 Å². The van der Waals surface area contributed by atoms with Gasteiger partial charge in [-0.15, -0.1) is 0 Å². The summed E-state index contributed by atoms with van der Waals surface area (Å²) in [6.45, 7) is 4.06. The van der Waals surface area contributed by atoms with Crippen molar-refractivity contribution in [3.8, 4) is 11.8 Å². The second-order valence-corrected chi connectivity index (χ2v) is 10.4. The fraction of sp³-hybridized carbons (Fsp3) is 0.636. The minimum Gasteiger partial charge on any atom is -0.626 e. The molecule has 10 heteroatoms. The van der Waals surface area contributed by atoms with E-state index in [0.717, 1.165) is 45.7 Å². The van der Waals surface area contributed by atoms with Crippen molar-refractivity contribution in [3.05, 3.63) is 29.5 Å². The molecule has 0 spiro atoms. The number of morpholine rings is 1. The molecule has 1 unspecified atom stereocenters. The van der Waals surface area contributed by atoms with Gasteiger partial charge in [0.15, 0.2) is 16.4 Å². The zero-order valence-corrected chi connectivity index (χ0v) is 19.0. The molecule has 1 heterocycles. The molecular weight excluding hydrogens is 434 g/mol. The summed E-state index contributed by atoms with van der Waals surface area (Å²) in [7, 11) is -3.62. The van der Waals surface area contributed by atoms with Crippen LogP contribution in [0.25, 0.3) is 0 Å². The lowest BCUT2D eigenvalue weighted by atomic mass is 9.79. The zero-order valence-electron chi connectivity index (χ0n) is 18.2. The van der Waals surface area contributed by atoms with Crippen molar-refractivity contribution >= 4 is 15.7 Å². The molecule has 1 aliphatic heterocycles. The van der Waals surface area contributed by atoms with Crippen LogP contribution in [0.5, 0.6) is 5.75 Å². The first-order valence-electron chi connectivity index (χ1n) is 11.1. The van der Waals surface area contributed by atoms with Crippen molar-refractivity contribution in [2.75, 3.05) is 51.8 Å². The minimum atomic E-state index is -3.62. The summed E-state index contributed by atoms with van der Waals surface area (Å²) in [6.07, 6.45) is 2.68. The number of hydroxylamine groups is 2. The van der Waals surface area contributed by atoms with Crippen LogP contribution in [0.15, 0.2) is 29.2 Å². The molecule has 1 aromatic carbocycles. The molecule has 176 valence electrons. The average Bonchev–Trinajstić information content (AvgIpc) is 2.80. The molecule has 0 bridgehead atoms. The van der Waals surface area contributed by atoms with E-state index in [-0.39, 0.29) is 10.6 Å². The van der Waals surface area contributed by atoms with Crippen LogP contribution >= 0.6 is 0 Å². The predicted molar refractivity (Wildman–Crippen MR) is 117 cm³/mol.